The molecule has 0 N–H and O–H groups in total. The molecule has 102 valence electrons. The predicted octanol–water partition coefficient (Wildman–Crippen LogP) is 1.88. The van der Waals surface area contributed by atoms with Gasteiger partial charge in [-0.15, -0.1) is 0 Å². The molecule has 5 nitrogen and oxygen atoms in total. The average molecular weight is 262 g/mol. The van der Waals surface area contributed by atoms with Crippen molar-refractivity contribution in [2.24, 2.45) is 0 Å². The van der Waals surface area contributed by atoms with E-state index in [1.165, 1.54) is 26.0 Å². The van der Waals surface area contributed by atoms with Crippen molar-refractivity contribution in [1.82, 2.24) is 4.98 Å². The molecule has 1 aromatic heterocycles. The zero-order chi connectivity index (χ0) is 13.7. The molecular formula is C14H18N2O3. The molecule has 0 atom stereocenters. The van der Waals surface area contributed by atoms with E-state index in [0.717, 1.165) is 24.5 Å². The van der Waals surface area contributed by atoms with E-state index in [9.17, 15) is 4.79 Å². The molecule has 2 rings (SSSR count). The Morgan fingerprint density at radius 3 is 2.68 bits per heavy atom. The molecule has 19 heavy (non-hydrogen) atoms. The van der Waals surface area contributed by atoms with Crippen molar-refractivity contribution < 1.29 is 14.3 Å². The topological polar surface area (TPSA) is 51.7 Å². The van der Waals surface area contributed by atoms with Gasteiger partial charge in [0.15, 0.2) is 0 Å². The van der Waals surface area contributed by atoms with Gasteiger partial charge < -0.3 is 14.4 Å². The van der Waals surface area contributed by atoms with Crippen LogP contribution in [-0.2, 0) is 9.53 Å². The number of aromatic nitrogens is 1. The van der Waals surface area contributed by atoms with E-state index in [2.05, 4.69) is 14.6 Å². The normalized spacial score (nSPS) is 14.9. The first-order chi connectivity index (χ1) is 9.24. The van der Waals surface area contributed by atoms with E-state index in [1.54, 1.807) is 13.2 Å². The number of pyridine rings is 1. The lowest BCUT2D eigenvalue weighted by Gasteiger charge is -2.17. The molecule has 1 aliphatic rings. The molecule has 1 fully saturated rings. The maximum atomic E-state index is 11.1. The zero-order valence-corrected chi connectivity index (χ0v) is 11.3. The average Bonchev–Trinajstić information content (AvgIpc) is 2.98. The predicted molar refractivity (Wildman–Crippen MR) is 73.3 cm³/mol. The third-order valence-corrected chi connectivity index (χ3v) is 3.10. The van der Waals surface area contributed by atoms with E-state index in [4.69, 9.17) is 4.74 Å². The second kappa shape index (κ2) is 6.22. The molecule has 0 aromatic carbocycles. The number of esters is 1. The molecule has 0 amide bonds. The molecule has 0 radical (unpaired) electrons. The Labute approximate surface area is 112 Å². The molecule has 2 heterocycles. The van der Waals surface area contributed by atoms with Crippen molar-refractivity contribution in [3.8, 4) is 5.88 Å². The molecule has 0 bridgehead atoms. The quantitative estimate of drug-likeness (QED) is 0.612. The first-order valence-electron chi connectivity index (χ1n) is 6.30. The summed E-state index contributed by atoms with van der Waals surface area (Å²) in [6.45, 7) is 2.07. The number of ether oxygens (including phenoxy) is 2. The Morgan fingerprint density at radius 1 is 1.32 bits per heavy atom. The van der Waals surface area contributed by atoms with Crippen LogP contribution in [0, 0.1) is 0 Å². The highest BCUT2D eigenvalue weighted by atomic mass is 16.5. The second-order valence-electron chi connectivity index (χ2n) is 4.32. The van der Waals surface area contributed by atoms with Crippen LogP contribution < -0.4 is 9.64 Å². The van der Waals surface area contributed by atoms with E-state index < -0.39 is 5.97 Å². The van der Waals surface area contributed by atoms with Crippen molar-refractivity contribution in [3.63, 3.8) is 0 Å². The van der Waals surface area contributed by atoms with Gasteiger partial charge >= 0.3 is 5.97 Å². The highest BCUT2D eigenvalue weighted by Gasteiger charge is 2.15. The van der Waals surface area contributed by atoms with Gasteiger partial charge in [0.05, 0.1) is 14.2 Å². The number of methoxy groups -OCH3 is 2. The molecule has 0 unspecified atom stereocenters. The van der Waals surface area contributed by atoms with E-state index in [1.807, 2.05) is 12.1 Å². The summed E-state index contributed by atoms with van der Waals surface area (Å²) in [6.07, 6.45) is 5.41. The Bertz CT molecular complexity index is 480. The molecule has 1 saturated heterocycles. The minimum absolute atomic E-state index is 0.398. The molecule has 1 aliphatic heterocycles. The summed E-state index contributed by atoms with van der Waals surface area (Å²) in [6, 6.07) is 3.85. The van der Waals surface area contributed by atoms with Gasteiger partial charge in [-0.05, 0) is 31.1 Å². The van der Waals surface area contributed by atoms with Crippen LogP contribution in [0.1, 0.15) is 18.4 Å². The number of hydrogen-bond acceptors (Lipinski definition) is 5. The van der Waals surface area contributed by atoms with Crippen molar-refractivity contribution in [3.05, 3.63) is 23.8 Å². The lowest BCUT2D eigenvalue weighted by molar-refractivity contribution is -0.134. The third-order valence-electron chi connectivity index (χ3n) is 3.10. The summed E-state index contributed by atoms with van der Waals surface area (Å²) >= 11 is 0. The van der Waals surface area contributed by atoms with Gasteiger partial charge in [-0.2, -0.15) is 4.98 Å². The van der Waals surface area contributed by atoms with Crippen molar-refractivity contribution >= 4 is 17.9 Å². The molecule has 5 heteroatoms. The minimum atomic E-state index is -0.398. The zero-order valence-electron chi connectivity index (χ0n) is 11.3. The molecule has 1 aromatic rings. The first-order valence-corrected chi connectivity index (χ1v) is 6.30. The maximum absolute atomic E-state index is 11.1. The van der Waals surface area contributed by atoms with Crippen molar-refractivity contribution in [1.29, 1.82) is 0 Å². The van der Waals surface area contributed by atoms with Gasteiger partial charge in [0.25, 0.3) is 0 Å². The highest BCUT2D eigenvalue weighted by molar-refractivity contribution is 5.87. The largest absolute Gasteiger partial charge is 0.481 e. The van der Waals surface area contributed by atoms with Crippen LogP contribution in [0.15, 0.2) is 18.2 Å². The van der Waals surface area contributed by atoms with Crippen molar-refractivity contribution in [2.75, 3.05) is 32.2 Å². The second-order valence-corrected chi connectivity index (χ2v) is 4.32. The van der Waals surface area contributed by atoms with Crippen molar-refractivity contribution in [2.45, 2.75) is 12.8 Å². The van der Waals surface area contributed by atoms with Gasteiger partial charge in [0, 0.05) is 24.7 Å². The minimum Gasteiger partial charge on any atom is -0.481 e. The fraction of sp³-hybridized carbons (Fsp3) is 0.429. The molecule has 0 saturated carbocycles. The van der Waals surface area contributed by atoms with E-state index in [-0.39, 0.29) is 0 Å². The molecular weight excluding hydrogens is 244 g/mol. The Balaban J connectivity index is 2.20. The lowest BCUT2D eigenvalue weighted by Crippen LogP contribution is -2.19. The summed E-state index contributed by atoms with van der Waals surface area (Å²) < 4.78 is 9.83. The van der Waals surface area contributed by atoms with E-state index >= 15 is 0 Å². The fourth-order valence-electron chi connectivity index (χ4n) is 2.08. The summed E-state index contributed by atoms with van der Waals surface area (Å²) in [7, 11) is 2.92. The van der Waals surface area contributed by atoms with Crippen LogP contribution in [-0.4, -0.2) is 38.3 Å². The first kappa shape index (κ1) is 13.4. The Hall–Kier alpha value is -2.04. The lowest BCUT2D eigenvalue weighted by atomic mass is 10.2. The summed E-state index contributed by atoms with van der Waals surface area (Å²) in [5.41, 5.74) is 0.760. The Kier molecular flexibility index (Phi) is 4.39. The summed E-state index contributed by atoms with van der Waals surface area (Å²) in [5, 5.41) is 0. The summed E-state index contributed by atoms with van der Waals surface area (Å²) in [5.74, 6) is 1.04. The highest BCUT2D eigenvalue weighted by Crippen LogP contribution is 2.24. The van der Waals surface area contributed by atoms with Crippen LogP contribution in [0.2, 0.25) is 0 Å². The van der Waals surface area contributed by atoms with Gasteiger partial charge in [-0.25, -0.2) is 4.79 Å². The standard InChI is InChI=1S/C14H18N2O3/c1-18-13(17)8-6-11-5-7-12(15-14(11)19-2)16-9-3-4-10-16/h5-8H,3-4,9-10H2,1-2H3/b8-6+. The van der Waals surface area contributed by atoms with Crippen LogP contribution >= 0.6 is 0 Å². The number of rotatable bonds is 4. The van der Waals surface area contributed by atoms with Gasteiger partial charge in [0.2, 0.25) is 5.88 Å². The number of carbonyl (C=O) groups excluding carboxylic acids is 1. The molecule has 0 aliphatic carbocycles. The molecule has 0 spiro atoms. The fourth-order valence-corrected chi connectivity index (χ4v) is 2.08. The number of anilines is 1. The van der Waals surface area contributed by atoms with Gasteiger partial charge in [0.1, 0.15) is 5.82 Å². The van der Waals surface area contributed by atoms with Crippen LogP contribution in [0.4, 0.5) is 5.82 Å². The van der Waals surface area contributed by atoms with Crippen LogP contribution in [0.5, 0.6) is 5.88 Å². The monoisotopic (exact) mass is 262 g/mol. The number of hydrogen-bond donors (Lipinski definition) is 0. The van der Waals surface area contributed by atoms with E-state index in [0.29, 0.717) is 5.88 Å². The SMILES string of the molecule is COC(=O)/C=C/c1ccc(N2CCCC2)nc1OC. The number of carbonyl (C=O) groups is 1. The number of nitrogens with zero attached hydrogens (tertiary/aromatic N) is 2. The van der Waals surface area contributed by atoms with Crippen LogP contribution in [0.3, 0.4) is 0 Å². The maximum Gasteiger partial charge on any atom is 0.330 e. The smallest absolute Gasteiger partial charge is 0.330 e. The van der Waals surface area contributed by atoms with Crippen LogP contribution in [0.25, 0.3) is 6.08 Å². The summed E-state index contributed by atoms with van der Waals surface area (Å²) in [4.78, 5) is 17.8. The Morgan fingerprint density at radius 2 is 2.05 bits per heavy atom. The van der Waals surface area contributed by atoms with Gasteiger partial charge in [-0.1, -0.05) is 0 Å². The van der Waals surface area contributed by atoms with Gasteiger partial charge in [-0.3, -0.25) is 0 Å². The third kappa shape index (κ3) is 3.24.